The van der Waals surface area contributed by atoms with E-state index in [9.17, 15) is 4.79 Å². The molecule has 0 amide bonds. The van der Waals surface area contributed by atoms with Crippen LogP contribution in [0.3, 0.4) is 0 Å². The molecule has 4 heteroatoms. The third kappa shape index (κ3) is 3.65. The lowest BCUT2D eigenvalue weighted by molar-refractivity contribution is -0.152. The summed E-state index contributed by atoms with van der Waals surface area (Å²) in [6, 6.07) is 0. The van der Waals surface area contributed by atoms with Crippen LogP contribution in [0.2, 0.25) is 0 Å². The Kier molecular flexibility index (Phi) is 6.22. The monoisotopic (exact) mass is 235 g/mol. The molecule has 1 fully saturated rings. The second-order valence-electron chi connectivity index (χ2n) is 4.38. The van der Waals surface area contributed by atoms with Gasteiger partial charge >= 0.3 is 5.97 Å². The first-order chi connectivity index (χ1) is 6.60. The molecular formula is C11H22ClNO2. The summed E-state index contributed by atoms with van der Waals surface area (Å²) in [5, 5.41) is 3.31. The van der Waals surface area contributed by atoms with Crippen molar-refractivity contribution in [2.24, 2.45) is 11.3 Å². The van der Waals surface area contributed by atoms with E-state index in [-0.39, 0.29) is 29.7 Å². The summed E-state index contributed by atoms with van der Waals surface area (Å²) in [7, 11) is 0. The van der Waals surface area contributed by atoms with E-state index in [4.69, 9.17) is 4.74 Å². The summed E-state index contributed by atoms with van der Waals surface area (Å²) in [5.74, 6) is -0.0264. The molecule has 1 saturated heterocycles. The zero-order chi connectivity index (χ0) is 10.6. The van der Waals surface area contributed by atoms with Gasteiger partial charge in [-0.2, -0.15) is 0 Å². The molecule has 0 bridgehead atoms. The number of ether oxygens (including phenoxy) is 1. The molecule has 0 aliphatic carbocycles. The van der Waals surface area contributed by atoms with Gasteiger partial charge in [0.25, 0.3) is 0 Å². The SMILES string of the molecule is CCOC(=O)C(C)C1(C)CCNCC1.Cl. The molecule has 0 radical (unpaired) electrons. The lowest BCUT2D eigenvalue weighted by Gasteiger charge is -2.37. The fourth-order valence-electron chi connectivity index (χ4n) is 1.98. The molecule has 1 N–H and O–H groups in total. The second-order valence-corrected chi connectivity index (χ2v) is 4.38. The van der Waals surface area contributed by atoms with Crippen molar-refractivity contribution in [1.29, 1.82) is 0 Å². The predicted octanol–water partition coefficient (Wildman–Crippen LogP) is 2.00. The Hall–Kier alpha value is -0.280. The highest BCUT2D eigenvalue weighted by Gasteiger charge is 2.37. The molecule has 0 aromatic carbocycles. The van der Waals surface area contributed by atoms with Crippen LogP contribution in [0.15, 0.2) is 0 Å². The minimum atomic E-state index is -0.0445. The minimum Gasteiger partial charge on any atom is -0.466 e. The summed E-state index contributed by atoms with van der Waals surface area (Å²) in [5.41, 5.74) is 0.123. The van der Waals surface area contributed by atoms with E-state index in [1.165, 1.54) is 0 Å². The van der Waals surface area contributed by atoms with E-state index in [0.29, 0.717) is 6.61 Å². The molecule has 0 aromatic heterocycles. The van der Waals surface area contributed by atoms with Crippen LogP contribution in [0.5, 0.6) is 0 Å². The molecule has 90 valence electrons. The van der Waals surface area contributed by atoms with E-state index < -0.39 is 0 Å². The van der Waals surface area contributed by atoms with Crippen LogP contribution in [0.4, 0.5) is 0 Å². The number of rotatable bonds is 3. The molecule has 1 unspecified atom stereocenters. The minimum absolute atomic E-state index is 0. The van der Waals surface area contributed by atoms with Gasteiger partial charge in [-0.25, -0.2) is 0 Å². The molecule has 1 aliphatic heterocycles. The molecule has 0 aromatic rings. The normalized spacial score (nSPS) is 21.3. The van der Waals surface area contributed by atoms with Crippen molar-refractivity contribution in [3.05, 3.63) is 0 Å². The highest BCUT2D eigenvalue weighted by molar-refractivity contribution is 5.85. The van der Waals surface area contributed by atoms with Gasteiger partial charge in [0.1, 0.15) is 0 Å². The number of piperidine rings is 1. The van der Waals surface area contributed by atoms with Gasteiger partial charge < -0.3 is 10.1 Å². The number of halogens is 1. The van der Waals surface area contributed by atoms with Crippen LogP contribution in [0, 0.1) is 11.3 Å². The molecule has 1 heterocycles. The van der Waals surface area contributed by atoms with Crippen molar-refractivity contribution in [3.8, 4) is 0 Å². The second kappa shape index (κ2) is 6.33. The van der Waals surface area contributed by atoms with E-state index >= 15 is 0 Å². The lowest BCUT2D eigenvalue weighted by atomic mass is 9.71. The molecule has 15 heavy (non-hydrogen) atoms. The van der Waals surface area contributed by atoms with Crippen LogP contribution in [0.1, 0.15) is 33.6 Å². The number of hydrogen-bond donors (Lipinski definition) is 1. The first-order valence-corrected chi connectivity index (χ1v) is 5.47. The van der Waals surface area contributed by atoms with Crippen LogP contribution in [-0.2, 0) is 9.53 Å². The van der Waals surface area contributed by atoms with Crippen LogP contribution in [-0.4, -0.2) is 25.7 Å². The Labute approximate surface area is 98.4 Å². The molecule has 1 aliphatic rings. The number of carbonyl (C=O) groups excluding carboxylic acids is 1. The van der Waals surface area contributed by atoms with Gasteiger partial charge in [-0.3, -0.25) is 4.79 Å². The molecule has 3 nitrogen and oxygen atoms in total. The summed E-state index contributed by atoms with van der Waals surface area (Å²) in [6.45, 7) is 8.55. The third-order valence-electron chi connectivity index (χ3n) is 3.43. The van der Waals surface area contributed by atoms with Crippen molar-refractivity contribution in [3.63, 3.8) is 0 Å². The predicted molar refractivity (Wildman–Crippen MR) is 63.3 cm³/mol. The summed E-state index contributed by atoms with van der Waals surface area (Å²) in [4.78, 5) is 11.6. The van der Waals surface area contributed by atoms with E-state index in [0.717, 1.165) is 25.9 Å². The van der Waals surface area contributed by atoms with Gasteiger partial charge in [0.15, 0.2) is 0 Å². The standard InChI is InChI=1S/C11H21NO2.ClH/c1-4-14-10(13)9(2)11(3)5-7-12-8-6-11;/h9,12H,4-8H2,1-3H3;1H. The fraction of sp³-hybridized carbons (Fsp3) is 0.909. The van der Waals surface area contributed by atoms with Crippen molar-refractivity contribution in [2.45, 2.75) is 33.6 Å². The largest absolute Gasteiger partial charge is 0.466 e. The summed E-state index contributed by atoms with van der Waals surface area (Å²) >= 11 is 0. The Morgan fingerprint density at radius 1 is 1.47 bits per heavy atom. The Bertz CT molecular complexity index is 203. The van der Waals surface area contributed by atoms with Gasteiger partial charge in [-0.05, 0) is 38.3 Å². The zero-order valence-corrected chi connectivity index (χ0v) is 10.7. The van der Waals surface area contributed by atoms with Crippen LogP contribution in [0.25, 0.3) is 0 Å². The average molecular weight is 236 g/mol. The van der Waals surface area contributed by atoms with Crippen LogP contribution >= 0.6 is 12.4 Å². The Balaban J connectivity index is 0.00000196. The van der Waals surface area contributed by atoms with Gasteiger partial charge in [-0.1, -0.05) is 13.8 Å². The Morgan fingerprint density at radius 2 is 2.00 bits per heavy atom. The molecular weight excluding hydrogens is 214 g/mol. The molecule has 0 saturated carbocycles. The van der Waals surface area contributed by atoms with Crippen LogP contribution < -0.4 is 5.32 Å². The van der Waals surface area contributed by atoms with E-state index in [1.807, 2.05) is 13.8 Å². The lowest BCUT2D eigenvalue weighted by Crippen LogP contribution is -2.41. The Morgan fingerprint density at radius 3 is 2.47 bits per heavy atom. The van der Waals surface area contributed by atoms with E-state index in [1.54, 1.807) is 0 Å². The maximum Gasteiger partial charge on any atom is 0.309 e. The highest BCUT2D eigenvalue weighted by Crippen LogP contribution is 2.36. The summed E-state index contributed by atoms with van der Waals surface area (Å²) < 4.78 is 5.06. The maximum atomic E-state index is 11.6. The van der Waals surface area contributed by atoms with Crippen molar-refractivity contribution >= 4 is 18.4 Å². The number of esters is 1. The number of nitrogens with one attached hydrogen (secondary N) is 1. The van der Waals surface area contributed by atoms with Crippen molar-refractivity contribution in [1.82, 2.24) is 5.32 Å². The zero-order valence-electron chi connectivity index (χ0n) is 9.84. The van der Waals surface area contributed by atoms with E-state index in [2.05, 4.69) is 12.2 Å². The van der Waals surface area contributed by atoms with Crippen molar-refractivity contribution < 1.29 is 9.53 Å². The average Bonchev–Trinajstić information content (AvgIpc) is 2.18. The maximum absolute atomic E-state index is 11.6. The molecule has 1 rings (SSSR count). The fourth-order valence-corrected chi connectivity index (χ4v) is 1.98. The highest BCUT2D eigenvalue weighted by atomic mass is 35.5. The first-order valence-electron chi connectivity index (χ1n) is 5.47. The number of hydrogen-bond acceptors (Lipinski definition) is 3. The van der Waals surface area contributed by atoms with Crippen molar-refractivity contribution in [2.75, 3.05) is 19.7 Å². The topological polar surface area (TPSA) is 38.3 Å². The smallest absolute Gasteiger partial charge is 0.309 e. The summed E-state index contributed by atoms with van der Waals surface area (Å²) in [6.07, 6.45) is 2.12. The van der Waals surface area contributed by atoms with Gasteiger partial charge in [0.05, 0.1) is 12.5 Å². The molecule has 0 spiro atoms. The van der Waals surface area contributed by atoms with Gasteiger partial charge in [-0.15, -0.1) is 12.4 Å². The molecule has 1 atom stereocenters. The van der Waals surface area contributed by atoms with Gasteiger partial charge in [0.2, 0.25) is 0 Å². The quantitative estimate of drug-likeness (QED) is 0.761. The number of carbonyl (C=O) groups is 1. The first kappa shape index (κ1) is 14.7. The van der Waals surface area contributed by atoms with Gasteiger partial charge in [0, 0.05) is 0 Å². The third-order valence-corrected chi connectivity index (χ3v) is 3.43.